The lowest BCUT2D eigenvalue weighted by Crippen LogP contribution is -2.06. The summed E-state index contributed by atoms with van der Waals surface area (Å²) in [5, 5.41) is 3.54. The zero-order chi connectivity index (χ0) is 12.4. The Labute approximate surface area is 120 Å². The largest absolute Gasteiger partial charge is 0.378 e. The Balaban J connectivity index is 2.14. The van der Waals surface area contributed by atoms with Gasteiger partial charge in [-0.1, -0.05) is 0 Å². The number of thiophene rings is 1. The monoisotopic (exact) mass is 357 g/mol. The van der Waals surface area contributed by atoms with Crippen LogP contribution >= 0.6 is 33.9 Å². The molecule has 1 nitrogen and oxygen atoms in total. The van der Waals surface area contributed by atoms with Gasteiger partial charge in [0.15, 0.2) is 0 Å². The minimum absolute atomic E-state index is 0.361. The Morgan fingerprint density at radius 1 is 1.18 bits per heavy atom. The maximum Gasteiger partial charge on any atom is 0.0496 e. The second-order valence-electron chi connectivity index (χ2n) is 4.24. The molecule has 0 radical (unpaired) electrons. The van der Waals surface area contributed by atoms with E-state index in [1.165, 1.54) is 24.6 Å². The second-order valence-corrected chi connectivity index (χ2v) is 6.95. The van der Waals surface area contributed by atoms with Crippen LogP contribution < -0.4 is 5.32 Å². The molecule has 0 saturated carbocycles. The van der Waals surface area contributed by atoms with Gasteiger partial charge < -0.3 is 5.32 Å². The molecule has 0 fully saturated rings. The highest BCUT2D eigenvalue weighted by atomic mass is 127. The van der Waals surface area contributed by atoms with E-state index in [9.17, 15) is 0 Å². The second kappa shape index (κ2) is 5.40. The topological polar surface area (TPSA) is 12.0 Å². The lowest BCUT2D eigenvalue weighted by molar-refractivity contribution is 0.882. The summed E-state index contributed by atoms with van der Waals surface area (Å²) in [7, 11) is 0. The van der Waals surface area contributed by atoms with E-state index in [1.807, 2.05) is 11.3 Å². The van der Waals surface area contributed by atoms with Crippen molar-refractivity contribution in [3.63, 3.8) is 0 Å². The Hall–Kier alpha value is -0.550. The van der Waals surface area contributed by atoms with Crippen molar-refractivity contribution < 1.29 is 0 Å². The van der Waals surface area contributed by atoms with E-state index in [2.05, 4.69) is 79.0 Å². The van der Waals surface area contributed by atoms with Gasteiger partial charge in [-0.15, -0.1) is 11.3 Å². The molecule has 0 spiro atoms. The Kier molecular flexibility index (Phi) is 4.09. The molecule has 1 aromatic heterocycles. The Bertz CT molecular complexity index is 501. The summed E-state index contributed by atoms with van der Waals surface area (Å²) in [6, 6.07) is 11.2. The number of benzene rings is 1. The van der Waals surface area contributed by atoms with Crippen LogP contribution in [0.1, 0.15) is 28.3 Å². The quantitative estimate of drug-likeness (QED) is 0.750. The van der Waals surface area contributed by atoms with E-state index in [-0.39, 0.29) is 0 Å². The lowest BCUT2D eigenvalue weighted by Gasteiger charge is -2.15. The molecule has 2 rings (SSSR count). The van der Waals surface area contributed by atoms with Crippen molar-refractivity contribution in [3.05, 3.63) is 49.2 Å². The SMILES string of the molecule is Cc1cc(C(C)Nc2ccc(I)cc2)c(C)s1. The first-order valence-electron chi connectivity index (χ1n) is 5.65. The summed E-state index contributed by atoms with van der Waals surface area (Å²) in [6.07, 6.45) is 0. The normalized spacial score (nSPS) is 12.5. The first kappa shape index (κ1) is 12.9. The third-order valence-electron chi connectivity index (χ3n) is 2.77. The minimum Gasteiger partial charge on any atom is -0.378 e. The highest BCUT2D eigenvalue weighted by Crippen LogP contribution is 2.28. The number of hydrogen-bond donors (Lipinski definition) is 1. The molecule has 1 unspecified atom stereocenters. The molecule has 3 heteroatoms. The fraction of sp³-hybridized carbons (Fsp3) is 0.286. The maximum atomic E-state index is 3.54. The molecule has 1 heterocycles. The van der Waals surface area contributed by atoms with Crippen molar-refractivity contribution in [2.24, 2.45) is 0 Å². The van der Waals surface area contributed by atoms with Gasteiger partial charge in [-0.2, -0.15) is 0 Å². The van der Waals surface area contributed by atoms with E-state index in [0.29, 0.717) is 6.04 Å². The van der Waals surface area contributed by atoms with Gasteiger partial charge in [-0.25, -0.2) is 0 Å². The van der Waals surface area contributed by atoms with Gasteiger partial charge in [0.2, 0.25) is 0 Å². The van der Waals surface area contributed by atoms with Gasteiger partial charge in [-0.05, 0) is 79.3 Å². The first-order chi connectivity index (χ1) is 8.06. The molecule has 2 aromatic rings. The van der Waals surface area contributed by atoms with Gasteiger partial charge in [0.1, 0.15) is 0 Å². The van der Waals surface area contributed by atoms with Crippen LogP contribution in [0.4, 0.5) is 5.69 Å². The predicted octanol–water partition coefficient (Wildman–Crippen LogP) is 5.14. The average molecular weight is 357 g/mol. The summed E-state index contributed by atoms with van der Waals surface area (Å²) in [6.45, 7) is 6.57. The third-order valence-corrected chi connectivity index (χ3v) is 4.47. The van der Waals surface area contributed by atoms with Gasteiger partial charge in [0, 0.05) is 25.1 Å². The highest BCUT2D eigenvalue weighted by molar-refractivity contribution is 14.1. The van der Waals surface area contributed by atoms with E-state index in [4.69, 9.17) is 0 Å². The van der Waals surface area contributed by atoms with Crippen LogP contribution in [0, 0.1) is 17.4 Å². The molecule has 0 saturated heterocycles. The zero-order valence-corrected chi connectivity index (χ0v) is 13.2. The van der Waals surface area contributed by atoms with Crippen LogP contribution in [0.5, 0.6) is 0 Å². The van der Waals surface area contributed by atoms with Crippen LogP contribution in [0.2, 0.25) is 0 Å². The zero-order valence-electron chi connectivity index (χ0n) is 10.3. The third kappa shape index (κ3) is 3.22. The highest BCUT2D eigenvalue weighted by Gasteiger charge is 2.10. The van der Waals surface area contributed by atoms with Crippen LogP contribution in [-0.4, -0.2) is 0 Å². The number of nitrogens with one attached hydrogen (secondary N) is 1. The van der Waals surface area contributed by atoms with Crippen molar-refractivity contribution in [1.29, 1.82) is 0 Å². The number of aryl methyl sites for hydroxylation is 2. The summed E-state index contributed by atoms with van der Waals surface area (Å²) in [4.78, 5) is 2.79. The standard InChI is InChI=1S/C14H16INS/c1-9-8-14(11(3)17-9)10(2)16-13-6-4-12(15)5-7-13/h4-8,10,16H,1-3H3. The van der Waals surface area contributed by atoms with Crippen molar-refractivity contribution in [1.82, 2.24) is 0 Å². The molecule has 17 heavy (non-hydrogen) atoms. The number of hydrogen-bond acceptors (Lipinski definition) is 2. The first-order valence-corrected chi connectivity index (χ1v) is 7.55. The molecule has 1 aromatic carbocycles. The van der Waals surface area contributed by atoms with Crippen LogP contribution in [0.15, 0.2) is 30.3 Å². The van der Waals surface area contributed by atoms with E-state index in [0.717, 1.165) is 0 Å². The van der Waals surface area contributed by atoms with Gasteiger partial charge >= 0.3 is 0 Å². The van der Waals surface area contributed by atoms with E-state index < -0.39 is 0 Å². The van der Waals surface area contributed by atoms with Gasteiger partial charge in [0.25, 0.3) is 0 Å². The van der Waals surface area contributed by atoms with Gasteiger partial charge in [-0.3, -0.25) is 0 Å². The van der Waals surface area contributed by atoms with Crippen molar-refractivity contribution in [2.45, 2.75) is 26.8 Å². The number of anilines is 1. The molecular weight excluding hydrogens is 341 g/mol. The summed E-state index contributed by atoms with van der Waals surface area (Å²) in [5.74, 6) is 0. The molecule has 0 aliphatic heterocycles. The smallest absolute Gasteiger partial charge is 0.0496 e. The van der Waals surface area contributed by atoms with Crippen LogP contribution in [-0.2, 0) is 0 Å². The molecule has 0 aliphatic carbocycles. The summed E-state index contributed by atoms with van der Waals surface area (Å²) >= 11 is 4.19. The Morgan fingerprint density at radius 2 is 1.82 bits per heavy atom. The van der Waals surface area contributed by atoms with Crippen LogP contribution in [0.3, 0.4) is 0 Å². The molecular formula is C14H16INS. The molecule has 1 N–H and O–H groups in total. The maximum absolute atomic E-state index is 3.54. The molecule has 0 aliphatic rings. The minimum atomic E-state index is 0.361. The lowest BCUT2D eigenvalue weighted by atomic mass is 10.1. The molecule has 90 valence electrons. The number of rotatable bonds is 3. The fourth-order valence-corrected chi connectivity index (χ4v) is 3.34. The van der Waals surface area contributed by atoms with Crippen molar-refractivity contribution in [3.8, 4) is 0 Å². The average Bonchev–Trinajstić information content (AvgIpc) is 2.61. The Morgan fingerprint density at radius 3 is 2.35 bits per heavy atom. The van der Waals surface area contributed by atoms with Crippen molar-refractivity contribution >= 4 is 39.6 Å². The molecule has 0 bridgehead atoms. The van der Waals surface area contributed by atoms with Crippen molar-refractivity contribution in [2.75, 3.05) is 5.32 Å². The molecule has 0 amide bonds. The predicted molar refractivity (Wildman–Crippen MR) is 85.0 cm³/mol. The van der Waals surface area contributed by atoms with Gasteiger partial charge in [0.05, 0.1) is 0 Å². The van der Waals surface area contributed by atoms with E-state index >= 15 is 0 Å². The fourth-order valence-electron chi connectivity index (χ4n) is 1.95. The summed E-state index contributed by atoms with van der Waals surface area (Å²) < 4.78 is 1.27. The number of halogens is 1. The summed E-state index contributed by atoms with van der Waals surface area (Å²) in [5.41, 5.74) is 2.59. The van der Waals surface area contributed by atoms with Crippen LogP contribution in [0.25, 0.3) is 0 Å². The van der Waals surface area contributed by atoms with E-state index in [1.54, 1.807) is 0 Å². The molecule has 1 atom stereocenters.